The third kappa shape index (κ3) is 1.98. The average Bonchev–Trinajstić information content (AvgIpc) is 2.90. The summed E-state index contributed by atoms with van der Waals surface area (Å²) >= 11 is 0. The van der Waals surface area contributed by atoms with E-state index in [1.54, 1.807) is 24.5 Å². The Labute approximate surface area is 103 Å². The molecule has 0 aliphatic rings. The Balaban J connectivity index is 1.97. The van der Waals surface area contributed by atoms with Crippen LogP contribution in [0.25, 0.3) is 22.5 Å². The predicted molar refractivity (Wildman–Crippen MR) is 65.0 cm³/mol. The molecule has 0 radical (unpaired) electrons. The van der Waals surface area contributed by atoms with E-state index in [0.717, 1.165) is 22.5 Å². The second-order valence-corrected chi connectivity index (χ2v) is 3.80. The fourth-order valence-corrected chi connectivity index (χ4v) is 1.68. The van der Waals surface area contributed by atoms with Crippen molar-refractivity contribution in [1.82, 2.24) is 20.2 Å². The molecule has 0 unspecified atom stereocenters. The first-order chi connectivity index (χ1) is 8.83. The van der Waals surface area contributed by atoms with Crippen LogP contribution in [0.1, 0.15) is 0 Å². The van der Waals surface area contributed by atoms with E-state index in [-0.39, 0.29) is 5.82 Å². The summed E-state index contributed by atoms with van der Waals surface area (Å²) in [5, 5.41) is 7.10. The fraction of sp³-hybridized carbons (Fsp3) is 0. The summed E-state index contributed by atoms with van der Waals surface area (Å²) in [6, 6.07) is 8.12. The van der Waals surface area contributed by atoms with Crippen molar-refractivity contribution in [3.05, 3.63) is 54.9 Å². The minimum Gasteiger partial charge on any atom is -0.277 e. The summed E-state index contributed by atoms with van der Waals surface area (Å²) in [4.78, 5) is 7.88. The molecule has 1 N–H and O–H groups in total. The van der Waals surface area contributed by atoms with Crippen LogP contribution in [0.5, 0.6) is 0 Å². The molecular weight excluding hydrogens is 231 g/mol. The number of benzene rings is 1. The van der Waals surface area contributed by atoms with Gasteiger partial charge in [-0.05, 0) is 35.9 Å². The SMILES string of the molecule is Fc1ccc(-c2cc(-c3cncnc3)n[nH]2)cc1. The lowest BCUT2D eigenvalue weighted by atomic mass is 10.1. The van der Waals surface area contributed by atoms with Crippen LogP contribution in [0.4, 0.5) is 4.39 Å². The molecule has 0 atom stereocenters. The van der Waals surface area contributed by atoms with Gasteiger partial charge in [0.25, 0.3) is 0 Å². The first-order valence-electron chi connectivity index (χ1n) is 5.40. The number of H-pyrrole nitrogens is 1. The number of hydrogen-bond acceptors (Lipinski definition) is 3. The summed E-state index contributed by atoms with van der Waals surface area (Å²) in [7, 11) is 0. The molecule has 0 spiro atoms. The molecular formula is C13H9FN4. The average molecular weight is 240 g/mol. The molecule has 88 valence electrons. The van der Waals surface area contributed by atoms with Crippen LogP contribution in [0.3, 0.4) is 0 Å². The van der Waals surface area contributed by atoms with Gasteiger partial charge in [-0.2, -0.15) is 5.10 Å². The van der Waals surface area contributed by atoms with Crippen molar-refractivity contribution >= 4 is 0 Å². The van der Waals surface area contributed by atoms with E-state index in [1.165, 1.54) is 18.5 Å². The van der Waals surface area contributed by atoms with Crippen LogP contribution < -0.4 is 0 Å². The quantitative estimate of drug-likeness (QED) is 0.749. The fourth-order valence-electron chi connectivity index (χ4n) is 1.68. The molecule has 0 aliphatic heterocycles. The smallest absolute Gasteiger partial charge is 0.123 e. The molecule has 18 heavy (non-hydrogen) atoms. The second kappa shape index (κ2) is 4.37. The lowest BCUT2D eigenvalue weighted by Gasteiger charge is -1.95. The van der Waals surface area contributed by atoms with Crippen molar-refractivity contribution < 1.29 is 4.39 Å². The van der Waals surface area contributed by atoms with Gasteiger partial charge in [-0.3, -0.25) is 5.10 Å². The van der Waals surface area contributed by atoms with Crippen LogP contribution in [-0.2, 0) is 0 Å². The summed E-state index contributed by atoms with van der Waals surface area (Å²) < 4.78 is 12.8. The Morgan fingerprint density at radius 3 is 2.39 bits per heavy atom. The maximum absolute atomic E-state index is 12.8. The van der Waals surface area contributed by atoms with Gasteiger partial charge in [0.2, 0.25) is 0 Å². The van der Waals surface area contributed by atoms with Gasteiger partial charge in [0.05, 0.1) is 11.4 Å². The first-order valence-corrected chi connectivity index (χ1v) is 5.40. The lowest BCUT2D eigenvalue weighted by molar-refractivity contribution is 0.628. The Morgan fingerprint density at radius 2 is 1.67 bits per heavy atom. The van der Waals surface area contributed by atoms with Crippen molar-refractivity contribution in [2.45, 2.75) is 0 Å². The molecule has 2 heterocycles. The van der Waals surface area contributed by atoms with E-state index in [0.29, 0.717) is 0 Å². The van der Waals surface area contributed by atoms with E-state index >= 15 is 0 Å². The maximum Gasteiger partial charge on any atom is 0.123 e. The Hall–Kier alpha value is -2.56. The normalized spacial score (nSPS) is 10.5. The number of halogens is 1. The molecule has 3 rings (SSSR count). The highest BCUT2D eigenvalue weighted by molar-refractivity contribution is 5.67. The molecule has 0 saturated carbocycles. The van der Waals surface area contributed by atoms with Gasteiger partial charge in [0.1, 0.15) is 12.1 Å². The van der Waals surface area contributed by atoms with Crippen LogP contribution in [0.2, 0.25) is 0 Å². The molecule has 0 bridgehead atoms. The van der Waals surface area contributed by atoms with Gasteiger partial charge in [0, 0.05) is 18.0 Å². The molecule has 3 aromatic rings. The largest absolute Gasteiger partial charge is 0.277 e. The van der Waals surface area contributed by atoms with Crippen molar-refractivity contribution in [2.24, 2.45) is 0 Å². The Morgan fingerprint density at radius 1 is 0.944 bits per heavy atom. The van der Waals surface area contributed by atoms with Gasteiger partial charge in [-0.15, -0.1) is 0 Å². The minimum atomic E-state index is -0.255. The van der Waals surface area contributed by atoms with Crippen LogP contribution in [0.15, 0.2) is 49.1 Å². The van der Waals surface area contributed by atoms with E-state index in [4.69, 9.17) is 0 Å². The lowest BCUT2D eigenvalue weighted by Crippen LogP contribution is -1.81. The highest BCUT2D eigenvalue weighted by atomic mass is 19.1. The van der Waals surface area contributed by atoms with Crippen LogP contribution >= 0.6 is 0 Å². The van der Waals surface area contributed by atoms with E-state index < -0.39 is 0 Å². The molecule has 0 saturated heterocycles. The number of aromatic amines is 1. The van der Waals surface area contributed by atoms with Gasteiger partial charge in [-0.1, -0.05) is 0 Å². The number of aromatic nitrogens is 4. The summed E-state index contributed by atoms with van der Waals surface area (Å²) in [6.07, 6.45) is 4.85. The standard InChI is InChI=1S/C13H9FN4/c14-11-3-1-9(2-4-11)12-5-13(18-17-12)10-6-15-8-16-7-10/h1-8H,(H,17,18). The highest BCUT2D eigenvalue weighted by Crippen LogP contribution is 2.22. The van der Waals surface area contributed by atoms with E-state index in [9.17, 15) is 4.39 Å². The van der Waals surface area contributed by atoms with Gasteiger partial charge in [0.15, 0.2) is 0 Å². The molecule has 0 amide bonds. The maximum atomic E-state index is 12.8. The first kappa shape index (κ1) is 10.6. The van der Waals surface area contributed by atoms with Crippen molar-refractivity contribution in [3.63, 3.8) is 0 Å². The molecule has 4 nitrogen and oxygen atoms in total. The molecule has 5 heteroatoms. The van der Waals surface area contributed by atoms with Crippen LogP contribution in [-0.4, -0.2) is 20.2 Å². The molecule has 2 aromatic heterocycles. The zero-order chi connectivity index (χ0) is 12.4. The summed E-state index contributed by atoms with van der Waals surface area (Å²) in [6.45, 7) is 0. The Kier molecular flexibility index (Phi) is 2.57. The van der Waals surface area contributed by atoms with E-state index in [1.807, 2.05) is 6.07 Å². The minimum absolute atomic E-state index is 0.255. The van der Waals surface area contributed by atoms with Crippen molar-refractivity contribution in [3.8, 4) is 22.5 Å². The highest BCUT2D eigenvalue weighted by Gasteiger charge is 2.06. The summed E-state index contributed by atoms with van der Waals surface area (Å²) in [5.74, 6) is -0.255. The second-order valence-electron chi connectivity index (χ2n) is 3.80. The zero-order valence-corrected chi connectivity index (χ0v) is 9.34. The monoisotopic (exact) mass is 240 g/mol. The predicted octanol–water partition coefficient (Wildman–Crippen LogP) is 2.67. The molecule has 0 aliphatic carbocycles. The number of nitrogens with one attached hydrogen (secondary N) is 1. The number of nitrogens with zero attached hydrogens (tertiary/aromatic N) is 3. The van der Waals surface area contributed by atoms with Crippen LogP contribution in [0, 0.1) is 5.82 Å². The number of hydrogen-bond donors (Lipinski definition) is 1. The van der Waals surface area contributed by atoms with Gasteiger partial charge >= 0.3 is 0 Å². The third-order valence-corrected chi connectivity index (χ3v) is 2.59. The topological polar surface area (TPSA) is 54.5 Å². The summed E-state index contributed by atoms with van der Waals surface area (Å²) in [5.41, 5.74) is 3.30. The number of rotatable bonds is 2. The third-order valence-electron chi connectivity index (χ3n) is 2.59. The van der Waals surface area contributed by atoms with Gasteiger partial charge < -0.3 is 0 Å². The Bertz CT molecular complexity index is 646. The van der Waals surface area contributed by atoms with Crippen molar-refractivity contribution in [1.29, 1.82) is 0 Å². The molecule has 0 fully saturated rings. The molecule has 1 aromatic carbocycles. The van der Waals surface area contributed by atoms with Crippen molar-refractivity contribution in [2.75, 3.05) is 0 Å². The van der Waals surface area contributed by atoms with E-state index in [2.05, 4.69) is 20.2 Å². The van der Waals surface area contributed by atoms with Gasteiger partial charge in [-0.25, -0.2) is 14.4 Å². The zero-order valence-electron chi connectivity index (χ0n) is 9.34.